The molecule has 0 amide bonds. The summed E-state index contributed by atoms with van der Waals surface area (Å²) >= 11 is 1.94. The highest BCUT2D eigenvalue weighted by atomic mass is 32.2. The van der Waals surface area contributed by atoms with E-state index in [1.54, 1.807) is 0 Å². The van der Waals surface area contributed by atoms with E-state index in [1.807, 2.05) is 11.8 Å². The quantitative estimate of drug-likeness (QED) is 0.704. The average molecular weight is 299 g/mol. The Kier molecular flexibility index (Phi) is 6.34. The van der Waals surface area contributed by atoms with Crippen molar-refractivity contribution in [2.45, 2.75) is 43.4 Å². The van der Waals surface area contributed by atoms with E-state index in [4.69, 9.17) is 0 Å². The second kappa shape index (κ2) is 8.26. The van der Waals surface area contributed by atoms with Crippen LogP contribution in [0.4, 0.5) is 0 Å². The molecule has 0 aliphatic heterocycles. The second-order valence-electron chi connectivity index (χ2n) is 5.48. The van der Waals surface area contributed by atoms with Crippen LogP contribution >= 0.6 is 11.8 Å². The van der Waals surface area contributed by atoms with Crippen LogP contribution in [0.1, 0.15) is 37.4 Å². The molecule has 2 heteroatoms. The Bertz CT molecular complexity index is 521. The molecule has 0 fully saturated rings. The first-order valence-electron chi connectivity index (χ1n) is 7.72. The van der Waals surface area contributed by atoms with Crippen LogP contribution in [0.5, 0.6) is 0 Å². The zero-order valence-corrected chi connectivity index (χ0v) is 14.0. The van der Waals surface area contributed by atoms with Gasteiger partial charge in [0, 0.05) is 16.2 Å². The number of thioether (sulfide) groups is 1. The minimum Gasteiger partial charge on any atom is -0.309 e. The van der Waals surface area contributed by atoms with Crippen molar-refractivity contribution in [2.24, 2.45) is 0 Å². The van der Waals surface area contributed by atoms with Gasteiger partial charge in [0.2, 0.25) is 0 Å². The van der Waals surface area contributed by atoms with E-state index < -0.39 is 0 Å². The second-order valence-corrected chi connectivity index (χ2v) is 6.93. The Labute approximate surface area is 133 Å². The summed E-state index contributed by atoms with van der Waals surface area (Å²) in [6, 6.07) is 20.0. The maximum absolute atomic E-state index is 3.70. The Morgan fingerprint density at radius 1 is 1.00 bits per heavy atom. The zero-order valence-electron chi connectivity index (χ0n) is 13.2. The van der Waals surface area contributed by atoms with Gasteiger partial charge in [0.1, 0.15) is 0 Å². The number of benzene rings is 2. The molecule has 0 bridgehead atoms. The van der Waals surface area contributed by atoms with Crippen LogP contribution < -0.4 is 5.32 Å². The van der Waals surface area contributed by atoms with Gasteiger partial charge < -0.3 is 5.32 Å². The lowest BCUT2D eigenvalue weighted by molar-refractivity contribution is 0.528. The van der Waals surface area contributed by atoms with Crippen molar-refractivity contribution in [3.05, 3.63) is 65.7 Å². The third-order valence-corrected chi connectivity index (χ3v) is 4.77. The van der Waals surface area contributed by atoms with Crippen LogP contribution in [0.2, 0.25) is 0 Å². The summed E-state index contributed by atoms with van der Waals surface area (Å²) in [5, 5.41) is 4.19. The van der Waals surface area contributed by atoms with Crippen LogP contribution in [0, 0.1) is 6.92 Å². The highest BCUT2D eigenvalue weighted by Gasteiger charge is 2.19. The largest absolute Gasteiger partial charge is 0.309 e. The fourth-order valence-electron chi connectivity index (χ4n) is 2.41. The van der Waals surface area contributed by atoms with Crippen LogP contribution in [-0.4, -0.2) is 11.8 Å². The van der Waals surface area contributed by atoms with Crippen LogP contribution in [0.25, 0.3) is 0 Å². The molecule has 2 atom stereocenters. The molecular weight excluding hydrogens is 274 g/mol. The molecule has 2 unspecified atom stereocenters. The van der Waals surface area contributed by atoms with E-state index in [0.29, 0.717) is 11.3 Å². The van der Waals surface area contributed by atoms with Crippen LogP contribution in [0.3, 0.4) is 0 Å². The maximum Gasteiger partial charge on any atom is 0.0441 e. The molecule has 1 N–H and O–H groups in total. The lowest BCUT2D eigenvalue weighted by Gasteiger charge is -2.25. The third kappa shape index (κ3) is 4.90. The monoisotopic (exact) mass is 299 g/mol. The summed E-state index contributed by atoms with van der Waals surface area (Å²) in [5.41, 5.74) is 2.70. The van der Waals surface area contributed by atoms with Crippen molar-refractivity contribution in [3.8, 4) is 0 Å². The molecule has 0 saturated carbocycles. The molecule has 0 aliphatic carbocycles. The summed E-state index contributed by atoms with van der Waals surface area (Å²) in [6.45, 7) is 7.72. The van der Waals surface area contributed by atoms with Gasteiger partial charge in [-0.2, -0.15) is 0 Å². The van der Waals surface area contributed by atoms with Gasteiger partial charge in [-0.3, -0.25) is 0 Å². The predicted molar refractivity (Wildman–Crippen MR) is 94.0 cm³/mol. The Morgan fingerprint density at radius 3 is 2.29 bits per heavy atom. The van der Waals surface area contributed by atoms with Gasteiger partial charge in [0.05, 0.1) is 0 Å². The highest BCUT2D eigenvalue weighted by molar-refractivity contribution is 8.00. The molecule has 0 saturated heterocycles. The topological polar surface area (TPSA) is 12.0 Å². The minimum absolute atomic E-state index is 0.385. The molecule has 2 aromatic rings. The van der Waals surface area contributed by atoms with Crippen molar-refractivity contribution in [3.63, 3.8) is 0 Å². The van der Waals surface area contributed by atoms with Crippen molar-refractivity contribution in [1.29, 1.82) is 0 Å². The van der Waals surface area contributed by atoms with E-state index >= 15 is 0 Å². The van der Waals surface area contributed by atoms with Gasteiger partial charge in [-0.15, -0.1) is 11.8 Å². The Hall–Kier alpha value is -1.25. The molecule has 1 nitrogen and oxygen atoms in total. The molecule has 112 valence electrons. The first-order chi connectivity index (χ1) is 10.2. The standard InChI is InChI=1S/C19H25NS/c1-4-14-20-19(17-12-10-15(2)11-13-17)16(3)21-18-8-6-5-7-9-18/h5-13,16,19-20H,4,14H2,1-3H3. The molecule has 0 aliphatic rings. The molecule has 21 heavy (non-hydrogen) atoms. The smallest absolute Gasteiger partial charge is 0.0441 e. The van der Waals surface area contributed by atoms with Gasteiger partial charge in [-0.25, -0.2) is 0 Å². The third-order valence-electron chi connectivity index (χ3n) is 3.59. The molecular formula is C19H25NS. The van der Waals surface area contributed by atoms with Gasteiger partial charge in [-0.1, -0.05) is 61.9 Å². The predicted octanol–water partition coefficient (Wildman–Crippen LogP) is 5.22. The van der Waals surface area contributed by atoms with Crippen LogP contribution in [0.15, 0.2) is 59.5 Å². The first-order valence-corrected chi connectivity index (χ1v) is 8.60. The van der Waals surface area contributed by atoms with Crippen molar-refractivity contribution >= 4 is 11.8 Å². The Morgan fingerprint density at radius 2 is 1.67 bits per heavy atom. The summed E-state index contributed by atoms with van der Waals surface area (Å²) in [6.07, 6.45) is 1.16. The minimum atomic E-state index is 0.385. The summed E-state index contributed by atoms with van der Waals surface area (Å²) in [4.78, 5) is 1.33. The number of aryl methyl sites for hydroxylation is 1. The summed E-state index contributed by atoms with van der Waals surface area (Å²) < 4.78 is 0. The van der Waals surface area contributed by atoms with Gasteiger partial charge in [-0.05, 0) is 37.6 Å². The van der Waals surface area contributed by atoms with Crippen molar-refractivity contribution in [2.75, 3.05) is 6.54 Å². The van der Waals surface area contributed by atoms with Gasteiger partial charge >= 0.3 is 0 Å². The van der Waals surface area contributed by atoms with E-state index in [0.717, 1.165) is 13.0 Å². The summed E-state index contributed by atoms with van der Waals surface area (Å²) in [7, 11) is 0. The number of rotatable bonds is 7. The van der Waals surface area contributed by atoms with Crippen LogP contribution in [-0.2, 0) is 0 Å². The molecule has 0 heterocycles. The average Bonchev–Trinajstić information content (AvgIpc) is 2.50. The first kappa shape index (κ1) is 16.1. The van der Waals surface area contributed by atoms with Gasteiger partial charge in [0.25, 0.3) is 0 Å². The number of nitrogens with one attached hydrogen (secondary N) is 1. The molecule has 2 rings (SSSR count). The van der Waals surface area contributed by atoms with Crippen molar-refractivity contribution in [1.82, 2.24) is 5.32 Å². The van der Waals surface area contributed by atoms with Crippen molar-refractivity contribution < 1.29 is 0 Å². The summed E-state index contributed by atoms with van der Waals surface area (Å²) in [5.74, 6) is 0. The normalized spacial score (nSPS) is 13.9. The van der Waals surface area contributed by atoms with E-state index in [2.05, 4.69) is 80.7 Å². The highest BCUT2D eigenvalue weighted by Crippen LogP contribution is 2.32. The van der Waals surface area contributed by atoms with E-state index in [1.165, 1.54) is 16.0 Å². The SMILES string of the molecule is CCCNC(c1ccc(C)cc1)C(C)Sc1ccccc1. The van der Waals surface area contributed by atoms with E-state index in [9.17, 15) is 0 Å². The fraction of sp³-hybridized carbons (Fsp3) is 0.368. The van der Waals surface area contributed by atoms with Gasteiger partial charge in [0.15, 0.2) is 0 Å². The fourth-order valence-corrected chi connectivity index (χ4v) is 3.54. The number of hydrogen-bond acceptors (Lipinski definition) is 2. The number of hydrogen-bond donors (Lipinski definition) is 1. The molecule has 2 aromatic carbocycles. The molecule has 0 radical (unpaired) electrons. The lowest BCUT2D eigenvalue weighted by atomic mass is 10.0. The Balaban J connectivity index is 2.12. The molecule has 0 aromatic heterocycles. The maximum atomic E-state index is 3.70. The lowest BCUT2D eigenvalue weighted by Crippen LogP contribution is -2.29. The van der Waals surface area contributed by atoms with E-state index in [-0.39, 0.29) is 0 Å². The zero-order chi connectivity index (χ0) is 15.1. The molecule has 0 spiro atoms.